The summed E-state index contributed by atoms with van der Waals surface area (Å²) in [6.45, 7) is 5.10. The van der Waals surface area contributed by atoms with E-state index in [2.05, 4.69) is 21.8 Å². The maximum Gasteiger partial charge on any atom is 0.258 e. The van der Waals surface area contributed by atoms with Crippen molar-refractivity contribution in [2.24, 2.45) is 5.92 Å². The molecule has 5 nitrogen and oxygen atoms in total. The monoisotopic (exact) mass is 340 g/mol. The molecule has 0 N–H and O–H groups in total. The van der Waals surface area contributed by atoms with Crippen LogP contribution >= 0.6 is 0 Å². The molecule has 130 valence electrons. The zero-order chi connectivity index (χ0) is 17.4. The Kier molecular flexibility index (Phi) is 4.11. The molecule has 0 bridgehead atoms. The molecule has 1 unspecified atom stereocenters. The highest BCUT2D eigenvalue weighted by Crippen LogP contribution is 2.26. The second-order valence-corrected chi connectivity index (χ2v) is 7.01. The molecule has 1 aromatic heterocycles. The molecular formula is C19H21FN4O. The molecule has 4 rings (SSSR count). The van der Waals surface area contributed by atoms with Crippen LogP contribution in [0.5, 0.6) is 0 Å². The van der Waals surface area contributed by atoms with Crippen molar-refractivity contribution in [1.82, 2.24) is 14.9 Å². The molecule has 2 aliphatic heterocycles. The van der Waals surface area contributed by atoms with Gasteiger partial charge in [-0.3, -0.25) is 4.79 Å². The Hall–Kier alpha value is -2.50. The number of piperidine rings is 1. The fourth-order valence-electron chi connectivity index (χ4n) is 3.59. The highest BCUT2D eigenvalue weighted by atomic mass is 19.1. The molecule has 2 aliphatic rings. The van der Waals surface area contributed by atoms with Crippen LogP contribution in [0, 0.1) is 11.7 Å². The summed E-state index contributed by atoms with van der Waals surface area (Å²) in [5.41, 5.74) is 2.27. The van der Waals surface area contributed by atoms with Crippen LogP contribution in [0.25, 0.3) is 0 Å². The van der Waals surface area contributed by atoms with Crippen LogP contribution in [-0.2, 0) is 13.1 Å². The fraction of sp³-hybridized carbons (Fsp3) is 0.421. The quantitative estimate of drug-likeness (QED) is 0.862. The number of carbonyl (C=O) groups is 1. The van der Waals surface area contributed by atoms with Crippen molar-refractivity contribution in [1.29, 1.82) is 0 Å². The Morgan fingerprint density at radius 2 is 2.08 bits per heavy atom. The summed E-state index contributed by atoms with van der Waals surface area (Å²) in [5, 5.41) is 0. The van der Waals surface area contributed by atoms with Crippen LogP contribution < -0.4 is 4.90 Å². The van der Waals surface area contributed by atoms with Crippen molar-refractivity contribution in [3.63, 3.8) is 0 Å². The maximum absolute atomic E-state index is 13.0. The van der Waals surface area contributed by atoms with Crippen LogP contribution in [0.1, 0.15) is 41.4 Å². The molecule has 1 saturated heterocycles. The summed E-state index contributed by atoms with van der Waals surface area (Å²) < 4.78 is 13.0. The molecule has 1 fully saturated rings. The number of amides is 1. The zero-order valence-electron chi connectivity index (χ0n) is 14.3. The van der Waals surface area contributed by atoms with E-state index in [0.717, 1.165) is 36.7 Å². The lowest BCUT2D eigenvalue weighted by atomic mass is 10.0. The Morgan fingerprint density at radius 1 is 1.28 bits per heavy atom. The summed E-state index contributed by atoms with van der Waals surface area (Å²) in [5.74, 6) is 1.04. The third-order valence-corrected chi connectivity index (χ3v) is 4.94. The first kappa shape index (κ1) is 16.0. The van der Waals surface area contributed by atoms with Crippen LogP contribution in [0.15, 0.2) is 30.5 Å². The van der Waals surface area contributed by atoms with Gasteiger partial charge in [0.2, 0.25) is 5.95 Å². The summed E-state index contributed by atoms with van der Waals surface area (Å²) in [6.07, 6.45) is 4.05. The molecule has 25 heavy (non-hydrogen) atoms. The highest BCUT2D eigenvalue weighted by Gasteiger charge is 2.30. The average Bonchev–Trinajstić information content (AvgIpc) is 2.92. The predicted molar refractivity (Wildman–Crippen MR) is 92.6 cm³/mol. The number of aromatic nitrogens is 2. The van der Waals surface area contributed by atoms with Gasteiger partial charge in [-0.2, -0.15) is 0 Å². The van der Waals surface area contributed by atoms with Crippen molar-refractivity contribution in [2.45, 2.75) is 32.9 Å². The topological polar surface area (TPSA) is 49.3 Å². The second-order valence-electron chi connectivity index (χ2n) is 7.01. The number of benzene rings is 1. The van der Waals surface area contributed by atoms with E-state index in [-0.39, 0.29) is 11.7 Å². The summed E-state index contributed by atoms with van der Waals surface area (Å²) in [7, 11) is 0. The van der Waals surface area contributed by atoms with Gasteiger partial charge in [-0.25, -0.2) is 14.4 Å². The SMILES string of the molecule is CC1CCCN(c2ncc3c(n2)CN(Cc2ccc(F)cc2)C3=O)C1. The van der Waals surface area contributed by atoms with Gasteiger partial charge in [0.05, 0.1) is 17.8 Å². The Bertz CT molecular complexity index is 793. The smallest absolute Gasteiger partial charge is 0.258 e. The zero-order valence-corrected chi connectivity index (χ0v) is 14.3. The summed E-state index contributed by atoms with van der Waals surface area (Å²) in [6, 6.07) is 6.24. The number of halogens is 1. The van der Waals surface area contributed by atoms with E-state index in [1.54, 1.807) is 23.2 Å². The first-order valence-corrected chi connectivity index (χ1v) is 8.75. The number of hydrogen-bond acceptors (Lipinski definition) is 4. The van der Waals surface area contributed by atoms with Crippen LogP contribution in [0.3, 0.4) is 0 Å². The van der Waals surface area contributed by atoms with Gasteiger partial charge in [0, 0.05) is 25.8 Å². The second kappa shape index (κ2) is 6.43. The fourth-order valence-corrected chi connectivity index (χ4v) is 3.59. The van der Waals surface area contributed by atoms with E-state index < -0.39 is 0 Å². The molecule has 1 atom stereocenters. The molecule has 6 heteroatoms. The molecule has 2 aromatic rings. The maximum atomic E-state index is 13.0. The lowest BCUT2D eigenvalue weighted by Gasteiger charge is -2.30. The van der Waals surface area contributed by atoms with Gasteiger partial charge < -0.3 is 9.80 Å². The standard InChI is InChI=1S/C19H21FN4O/c1-13-3-2-8-23(10-13)19-21-9-16-17(22-19)12-24(18(16)25)11-14-4-6-15(20)7-5-14/h4-7,9,13H,2-3,8,10-12H2,1H3. The normalized spacial score (nSPS) is 20.1. The van der Waals surface area contributed by atoms with Gasteiger partial charge >= 0.3 is 0 Å². The number of nitrogens with zero attached hydrogens (tertiary/aromatic N) is 4. The molecule has 3 heterocycles. The number of fused-ring (bicyclic) bond motifs is 1. The van der Waals surface area contributed by atoms with Crippen LogP contribution in [0.4, 0.5) is 10.3 Å². The van der Waals surface area contributed by atoms with Gasteiger partial charge in [-0.15, -0.1) is 0 Å². The van der Waals surface area contributed by atoms with Gasteiger partial charge in [-0.1, -0.05) is 19.1 Å². The van der Waals surface area contributed by atoms with Gasteiger partial charge in [-0.05, 0) is 36.5 Å². The Balaban J connectivity index is 1.51. The molecule has 0 radical (unpaired) electrons. The minimum absolute atomic E-state index is 0.0575. The van der Waals surface area contributed by atoms with Crippen molar-refractivity contribution in [2.75, 3.05) is 18.0 Å². The largest absolute Gasteiger partial charge is 0.341 e. The van der Waals surface area contributed by atoms with Gasteiger partial charge in [0.15, 0.2) is 0 Å². The minimum Gasteiger partial charge on any atom is -0.341 e. The lowest BCUT2D eigenvalue weighted by molar-refractivity contribution is 0.0766. The summed E-state index contributed by atoms with van der Waals surface area (Å²) in [4.78, 5) is 25.6. The lowest BCUT2D eigenvalue weighted by Crippen LogP contribution is -2.35. The Morgan fingerprint density at radius 3 is 2.84 bits per heavy atom. The predicted octanol–water partition coefficient (Wildman–Crippen LogP) is 3.01. The van der Waals surface area contributed by atoms with Crippen molar-refractivity contribution >= 4 is 11.9 Å². The molecule has 0 aliphatic carbocycles. The molecule has 1 aromatic carbocycles. The number of carbonyl (C=O) groups excluding carboxylic acids is 1. The first-order chi connectivity index (χ1) is 12.1. The summed E-state index contributed by atoms with van der Waals surface area (Å²) >= 11 is 0. The van der Waals surface area contributed by atoms with Crippen LogP contribution in [0.2, 0.25) is 0 Å². The third kappa shape index (κ3) is 3.21. The number of hydrogen-bond donors (Lipinski definition) is 0. The van der Waals surface area contributed by atoms with E-state index in [1.807, 2.05) is 0 Å². The van der Waals surface area contributed by atoms with Crippen molar-refractivity contribution in [3.05, 3.63) is 53.1 Å². The van der Waals surface area contributed by atoms with E-state index in [4.69, 9.17) is 0 Å². The first-order valence-electron chi connectivity index (χ1n) is 8.75. The highest BCUT2D eigenvalue weighted by molar-refractivity contribution is 5.97. The van der Waals surface area contributed by atoms with Crippen molar-refractivity contribution in [3.8, 4) is 0 Å². The van der Waals surface area contributed by atoms with Gasteiger partial charge in [0.25, 0.3) is 5.91 Å². The van der Waals surface area contributed by atoms with Crippen molar-refractivity contribution < 1.29 is 9.18 Å². The van der Waals surface area contributed by atoms with E-state index in [0.29, 0.717) is 24.6 Å². The average molecular weight is 340 g/mol. The van der Waals surface area contributed by atoms with E-state index in [1.165, 1.54) is 18.6 Å². The number of rotatable bonds is 3. The van der Waals surface area contributed by atoms with E-state index in [9.17, 15) is 9.18 Å². The third-order valence-electron chi connectivity index (χ3n) is 4.94. The number of anilines is 1. The Labute approximate surface area is 146 Å². The molecule has 0 saturated carbocycles. The molecular weight excluding hydrogens is 319 g/mol. The van der Waals surface area contributed by atoms with E-state index >= 15 is 0 Å². The molecule has 0 spiro atoms. The van der Waals surface area contributed by atoms with Crippen LogP contribution in [-0.4, -0.2) is 33.9 Å². The molecule has 1 amide bonds. The van der Waals surface area contributed by atoms with Gasteiger partial charge in [0.1, 0.15) is 5.82 Å². The minimum atomic E-state index is -0.272.